The molecule has 23 heavy (non-hydrogen) atoms. The molecule has 0 aliphatic heterocycles. The second-order valence-electron chi connectivity index (χ2n) is 6.73. The number of hydrogen-bond acceptors (Lipinski definition) is 1. The number of aromatic amines is 2. The SMILES string of the molecule is CCc1c(C=NC2CCCCCCC2)[nH]c(-c2ccc[nH]2)c1C. The average molecular weight is 311 g/mol. The molecule has 2 N–H and O–H groups in total. The molecule has 124 valence electrons. The van der Waals surface area contributed by atoms with Gasteiger partial charge < -0.3 is 9.97 Å². The lowest BCUT2D eigenvalue weighted by Crippen LogP contribution is -2.07. The smallest absolute Gasteiger partial charge is 0.0657 e. The van der Waals surface area contributed by atoms with E-state index in [-0.39, 0.29) is 0 Å². The molecule has 2 heterocycles. The van der Waals surface area contributed by atoms with Gasteiger partial charge in [0.05, 0.1) is 23.1 Å². The van der Waals surface area contributed by atoms with Crippen LogP contribution in [-0.4, -0.2) is 22.2 Å². The molecule has 3 nitrogen and oxygen atoms in total. The van der Waals surface area contributed by atoms with E-state index >= 15 is 0 Å². The highest BCUT2D eigenvalue weighted by Crippen LogP contribution is 2.27. The van der Waals surface area contributed by atoms with E-state index in [0.29, 0.717) is 6.04 Å². The second-order valence-corrected chi connectivity index (χ2v) is 6.73. The van der Waals surface area contributed by atoms with Gasteiger partial charge in [0.15, 0.2) is 0 Å². The highest BCUT2D eigenvalue weighted by molar-refractivity contribution is 5.83. The number of aliphatic imine (C=N–C) groups is 1. The van der Waals surface area contributed by atoms with Crippen molar-refractivity contribution >= 4 is 6.21 Å². The Morgan fingerprint density at radius 3 is 2.57 bits per heavy atom. The quantitative estimate of drug-likeness (QED) is 0.709. The van der Waals surface area contributed by atoms with E-state index in [1.54, 1.807) is 0 Å². The van der Waals surface area contributed by atoms with Gasteiger partial charge in [0.1, 0.15) is 0 Å². The molecule has 0 unspecified atom stereocenters. The molecule has 0 amide bonds. The molecule has 1 aliphatic rings. The van der Waals surface area contributed by atoms with Crippen LogP contribution in [0.1, 0.15) is 68.7 Å². The number of H-pyrrole nitrogens is 2. The van der Waals surface area contributed by atoms with Crippen LogP contribution in [0.15, 0.2) is 23.3 Å². The van der Waals surface area contributed by atoms with Crippen molar-refractivity contribution in [2.24, 2.45) is 4.99 Å². The zero-order chi connectivity index (χ0) is 16.1. The number of aromatic nitrogens is 2. The minimum absolute atomic E-state index is 0.512. The molecule has 3 rings (SSSR count). The molecule has 0 bridgehead atoms. The molecule has 2 aromatic rings. The molecule has 2 aromatic heterocycles. The summed E-state index contributed by atoms with van der Waals surface area (Å²) in [6, 6.07) is 4.68. The fourth-order valence-corrected chi connectivity index (χ4v) is 3.74. The van der Waals surface area contributed by atoms with Crippen molar-refractivity contribution in [3.8, 4) is 11.4 Å². The molecule has 1 fully saturated rings. The lowest BCUT2D eigenvalue weighted by atomic mass is 9.97. The minimum atomic E-state index is 0.512. The first kappa shape index (κ1) is 16.1. The van der Waals surface area contributed by atoms with Crippen molar-refractivity contribution in [2.75, 3.05) is 0 Å². The number of nitrogens with one attached hydrogen (secondary N) is 2. The van der Waals surface area contributed by atoms with Crippen LogP contribution in [0.25, 0.3) is 11.4 Å². The Labute approximate surface area is 139 Å². The number of nitrogens with zero attached hydrogens (tertiary/aromatic N) is 1. The highest BCUT2D eigenvalue weighted by Gasteiger charge is 2.14. The summed E-state index contributed by atoms with van der Waals surface area (Å²) in [7, 11) is 0. The molecule has 0 atom stereocenters. The van der Waals surface area contributed by atoms with Gasteiger partial charge in [-0.3, -0.25) is 4.99 Å². The van der Waals surface area contributed by atoms with Gasteiger partial charge in [-0.1, -0.05) is 39.0 Å². The van der Waals surface area contributed by atoms with E-state index in [0.717, 1.165) is 12.1 Å². The van der Waals surface area contributed by atoms with Crippen LogP contribution in [0, 0.1) is 6.92 Å². The fraction of sp³-hybridized carbons (Fsp3) is 0.550. The Morgan fingerprint density at radius 2 is 1.91 bits per heavy atom. The lowest BCUT2D eigenvalue weighted by Gasteiger charge is -2.15. The molecular weight excluding hydrogens is 282 g/mol. The van der Waals surface area contributed by atoms with Crippen LogP contribution in [0.4, 0.5) is 0 Å². The van der Waals surface area contributed by atoms with Gasteiger partial charge in [-0.15, -0.1) is 0 Å². The van der Waals surface area contributed by atoms with Crippen LogP contribution in [0.3, 0.4) is 0 Å². The van der Waals surface area contributed by atoms with Crippen molar-refractivity contribution < 1.29 is 0 Å². The average Bonchev–Trinajstić information content (AvgIpc) is 3.14. The first-order valence-corrected chi connectivity index (χ1v) is 9.18. The third kappa shape index (κ3) is 3.77. The Bertz CT molecular complexity index is 626. The summed E-state index contributed by atoms with van der Waals surface area (Å²) in [5.74, 6) is 0. The minimum Gasteiger partial charge on any atom is -0.360 e. The van der Waals surface area contributed by atoms with Crippen molar-refractivity contribution in [3.63, 3.8) is 0 Å². The molecular formula is C20H29N3. The van der Waals surface area contributed by atoms with Crippen molar-refractivity contribution in [1.29, 1.82) is 0 Å². The predicted octanol–water partition coefficient (Wildman–Crippen LogP) is 5.41. The summed E-state index contributed by atoms with van der Waals surface area (Å²) in [4.78, 5) is 11.8. The summed E-state index contributed by atoms with van der Waals surface area (Å²) in [6.45, 7) is 4.43. The summed E-state index contributed by atoms with van der Waals surface area (Å²) < 4.78 is 0. The van der Waals surface area contributed by atoms with Gasteiger partial charge in [0.25, 0.3) is 0 Å². The third-order valence-electron chi connectivity index (χ3n) is 5.12. The fourth-order valence-electron chi connectivity index (χ4n) is 3.74. The van der Waals surface area contributed by atoms with Crippen LogP contribution in [0.5, 0.6) is 0 Å². The topological polar surface area (TPSA) is 43.9 Å². The summed E-state index contributed by atoms with van der Waals surface area (Å²) in [5.41, 5.74) is 6.28. The molecule has 0 radical (unpaired) electrons. The number of rotatable bonds is 4. The molecule has 3 heteroatoms. The maximum atomic E-state index is 4.93. The van der Waals surface area contributed by atoms with Gasteiger partial charge in [-0.25, -0.2) is 0 Å². The van der Waals surface area contributed by atoms with Crippen molar-refractivity contribution in [2.45, 2.75) is 71.3 Å². The third-order valence-corrected chi connectivity index (χ3v) is 5.12. The molecule has 0 aromatic carbocycles. The van der Waals surface area contributed by atoms with Gasteiger partial charge in [-0.2, -0.15) is 0 Å². The summed E-state index contributed by atoms with van der Waals surface area (Å²) in [6.07, 6.45) is 14.5. The maximum absolute atomic E-state index is 4.93. The maximum Gasteiger partial charge on any atom is 0.0657 e. The largest absolute Gasteiger partial charge is 0.360 e. The van der Waals surface area contributed by atoms with E-state index in [1.165, 1.54) is 67.5 Å². The molecule has 0 saturated heterocycles. The summed E-state index contributed by atoms with van der Waals surface area (Å²) >= 11 is 0. The van der Waals surface area contributed by atoms with E-state index in [2.05, 4.69) is 36.1 Å². The summed E-state index contributed by atoms with van der Waals surface area (Å²) in [5, 5.41) is 0. The van der Waals surface area contributed by atoms with Crippen LogP contribution in [0.2, 0.25) is 0 Å². The van der Waals surface area contributed by atoms with Gasteiger partial charge >= 0.3 is 0 Å². The van der Waals surface area contributed by atoms with E-state index in [1.807, 2.05) is 12.3 Å². The van der Waals surface area contributed by atoms with E-state index in [4.69, 9.17) is 4.99 Å². The van der Waals surface area contributed by atoms with E-state index < -0.39 is 0 Å². The first-order valence-electron chi connectivity index (χ1n) is 9.18. The Kier molecular flexibility index (Phi) is 5.37. The van der Waals surface area contributed by atoms with Crippen LogP contribution >= 0.6 is 0 Å². The number of hydrogen-bond donors (Lipinski definition) is 2. The Hall–Kier alpha value is -1.77. The van der Waals surface area contributed by atoms with Crippen LogP contribution in [-0.2, 0) is 6.42 Å². The predicted molar refractivity (Wildman–Crippen MR) is 98.4 cm³/mol. The van der Waals surface area contributed by atoms with Gasteiger partial charge in [-0.05, 0) is 49.4 Å². The zero-order valence-electron chi connectivity index (χ0n) is 14.5. The van der Waals surface area contributed by atoms with Crippen molar-refractivity contribution in [3.05, 3.63) is 35.2 Å². The molecule has 1 saturated carbocycles. The standard InChI is InChI=1S/C20H29N3/c1-3-17-15(2)20(18-12-9-13-21-18)23-19(17)14-22-16-10-7-5-4-6-8-11-16/h9,12-14,16,21,23H,3-8,10-11H2,1-2H3. The molecule has 1 aliphatic carbocycles. The lowest BCUT2D eigenvalue weighted by molar-refractivity contribution is 0.456. The highest BCUT2D eigenvalue weighted by atomic mass is 14.8. The van der Waals surface area contributed by atoms with Crippen LogP contribution < -0.4 is 0 Å². The molecule has 0 spiro atoms. The first-order chi connectivity index (χ1) is 11.3. The van der Waals surface area contributed by atoms with Gasteiger partial charge in [0, 0.05) is 12.4 Å². The Morgan fingerprint density at radius 1 is 1.17 bits per heavy atom. The van der Waals surface area contributed by atoms with E-state index in [9.17, 15) is 0 Å². The monoisotopic (exact) mass is 311 g/mol. The second kappa shape index (κ2) is 7.67. The van der Waals surface area contributed by atoms with Crippen molar-refractivity contribution in [1.82, 2.24) is 9.97 Å². The van der Waals surface area contributed by atoms with Gasteiger partial charge in [0.2, 0.25) is 0 Å². The Balaban J connectivity index is 1.81. The zero-order valence-corrected chi connectivity index (χ0v) is 14.5. The normalized spacial score (nSPS) is 17.5.